The summed E-state index contributed by atoms with van der Waals surface area (Å²) in [6.07, 6.45) is 3.23. The highest BCUT2D eigenvalue weighted by atomic mass is 16.5. The summed E-state index contributed by atoms with van der Waals surface area (Å²) in [6.45, 7) is 6.34. The molecule has 0 aliphatic heterocycles. The summed E-state index contributed by atoms with van der Waals surface area (Å²) in [6, 6.07) is 8.36. The third kappa shape index (κ3) is 5.72. The highest BCUT2D eigenvalue weighted by Gasteiger charge is 2.09. The van der Waals surface area contributed by atoms with Gasteiger partial charge in [0, 0.05) is 23.6 Å². The number of hydrogen-bond donors (Lipinski definition) is 1. The number of rotatable bonds is 8. The van der Waals surface area contributed by atoms with Crippen LogP contribution in [0.1, 0.15) is 40.0 Å². The smallest absolute Gasteiger partial charge is 0.336 e. The van der Waals surface area contributed by atoms with Crippen molar-refractivity contribution in [3.05, 3.63) is 40.8 Å². The molecule has 1 heterocycles. The first-order valence-electron chi connectivity index (χ1n) is 8.40. The quantitative estimate of drug-likeness (QED) is 0.752. The lowest BCUT2D eigenvalue weighted by atomic mass is 10.0. The predicted molar refractivity (Wildman–Crippen MR) is 94.3 cm³/mol. The standard InChI is InChI=1S/C19H25NO4/c1-13(2)5-4-6-14(3)20-18(21)12-23-16-9-7-15-8-10-19(22)24-17(15)11-16/h7-11,13-14H,4-6,12H2,1-3H3,(H,20,21). The van der Waals surface area contributed by atoms with Crippen LogP contribution in [0.2, 0.25) is 0 Å². The fourth-order valence-electron chi connectivity index (χ4n) is 2.50. The van der Waals surface area contributed by atoms with Crippen LogP contribution in [0.4, 0.5) is 0 Å². The number of hydrogen-bond acceptors (Lipinski definition) is 4. The van der Waals surface area contributed by atoms with E-state index in [2.05, 4.69) is 19.2 Å². The Bertz CT molecular complexity index is 735. The summed E-state index contributed by atoms with van der Waals surface area (Å²) < 4.78 is 10.6. The van der Waals surface area contributed by atoms with E-state index in [-0.39, 0.29) is 18.6 Å². The van der Waals surface area contributed by atoms with Gasteiger partial charge in [-0.25, -0.2) is 4.79 Å². The molecule has 1 aromatic carbocycles. The first-order chi connectivity index (χ1) is 11.4. The number of amides is 1. The monoisotopic (exact) mass is 331 g/mol. The molecule has 1 aromatic heterocycles. The number of benzene rings is 1. The van der Waals surface area contributed by atoms with E-state index in [1.54, 1.807) is 24.3 Å². The minimum absolute atomic E-state index is 0.0584. The second kappa shape index (κ2) is 8.52. The Labute approximate surface area is 142 Å². The Hall–Kier alpha value is -2.30. The molecular weight excluding hydrogens is 306 g/mol. The molecule has 1 amide bonds. The zero-order chi connectivity index (χ0) is 17.5. The van der Waals surface area contributed by atoms with Gasteiger partial charge in [0.15, 0.2) is 6.61 Å². The average molecular weight is 331 g/mol. The summed E-state index contributed by atoms with van der Waals surface area (Å²) in [5.74, 6) is 1.03. The summed E-state index contributed by atoms with van der Waals surface area (Å²) in [4.78, 5) is 23.2. The molecule has 0 bridgehead atoms. The Balaban J connectivity index is 1.82. The third-order valence-corrected chi connectivity index (χ3v) is 3.79. The van der Waals surface area contributed by atoms with E-state index < -0.39 is 5.63 Å². The minimum atomic E-state index is -0.410. The zero-order valence-corrected chi connectivity index (χ0v) is 14.5. The molecule has 24 heavy (non-hydrogen) atoms. The number of ether oxygens (including phenoxy) is 1. The molecule has 0 aliphatic rings. The van der Waals surface area contributed by atoms with Gasteiger partial charge < -0.3 is 14.5 Å². The molecule has 0 fully saturated rings. The van der Waals surface area contributed by atoms with E-state index in [1.165, 1.54) is 12.5 Å². The van der Waals surface area contributed by atoms with Gasteiger partial charge in [-0.15, -0.1) is 0 Å². The van der Waals surface area contributed by atoms with E-state index in [1.807, 2.05) is 6.92 Å². The highest BCUT2D eigenvalue weighted by molar-refractivity contribution is 5.79. The molecule has 0 aliphatic carbocycles. The summed E-state index contributed by atoms with van der Waals surface area (Å²) in [5, 5.41) is 3.74. The number of nitrogens with one attached hydrogen (secondary N) is 1. The van der Waals surface area contributed by atoms with E-state index in [9.17, 15) is 9.59 Å². The molecule has 1 unspecified atom stereocenters. The molecule has 1 atom stereocenters. The van der Waals surface area contributed by atoms with Crippen LogP contribution < -0.4 is 15.7 Å². The molecule has 2 aromatic rings. The lowest BCUT2D eigenvalue weighted by molar-refractivity contribution is -0.123. The molecule has 5 heteroatoms. The minimum Gasteiger partial charge on any atom is -0.484 e. The van der Waals surface area contributed by atoms with Crippen LogP contribution in [0, 0.1) is 5.92 Å². The zero-order valence-electron chi connectivity index (χ0n) is 14.5. The first kappa shape index (κ1) is 18.0. The molecule has 0 radical (unpaired) electrons. The molecule has 130 valence electrons. The van der Waals surface area contributed by atoms with E-state index in [4.69, 9.17) is 9.15 Å². The van der Waals surface area contributed by atoms with Crippen molar-refractivity contribution in [3.63, 3.8) is 0 Å². The number of fused-ring (bicyclic) bond motifs is 1. The topological polar surface area (TPSA) is 68.5 Å². The molecule has 5 nitrogen and oxygen atoms in total. The maximum Gasteiger partial charge on any atom is 0.336 e. The maximum atomic E-state index is 11.9. The second-order valence-corrected chi connectivity index (χ2v) is 6.54. The van der Waals surface area contributed by atoms with Crippen molar-refractivity contribution in [1.82, 2.24) is 5.32 Å². The van der Waals surface area contributed by atoms with Crippen molar-refractivity contribution < 1.29 is 13.9 Å². The lowest BCUT2D eigenvalue weighted by Gasteiger charge is -2.15. The normalized spacial score (nSPS) is 12.3. The maximum absolute atomic E-state index is 11.9. The Morgan fingerprint density at radius 2 is 1.92 bits per heavy atom. The van der Waals surface area contributed by atoms with Crippen molar-refractivity contribution in [2.45, 2.75) is 46.1 Å². The molecule has 0 saturated heterocycles. The van der Waals surface area contributed by atoms with Crippen LogP contribution >= 0.6 is 0 Å². The van der Waals surface area contributed by atoms with Gasteiger partial charge in [-0.1, -0.05) is 26.7 Å². The van der Waals surface area contributed by atoms with Crippen molar-refractivity contribution in [1.29, 1.82) is 0 Å². The molecule has 0 saturated carbocycles. The summed E-state index contributed by atoms with van der Waals surface area (Å²) >= 11 is 0. The summed E-state index contributed by atoms with van der Waals surface area (Å²) in [7, 11) is 0. The van der Waals surface area contributed by atoms with Gasteiger partial charge in [-0.3, -0.25) is 4.79 Å². The van der Waals surface area contributed by atoms with Crippen molar-refractivity contribution >= 4 is 16.9 Å². The lowest BCUT2D eigenvalue weighted by Crippen LogP contribution is -2.36. The van der Waals surface area contributed by atoms with Crippen LogP contribution in [-0.4, -0.2) is 18.6 Å². The van der Waals surface area contributed by atoms with Crippen LogP contribution in [0.3, 0.4) is 0 Å². The van der Waals surface area contributed by atoms with E-state index in [0.29, 0.717) is 17.3 Å². The largest absolute Gasteiger partial charge is 0.484 e. The first-order valence-corrected chi connectivity index (χ1v) is 8.40. The fourth-order valence-corrected chi connectivity index (χ4v) is 2.50. The average Bonchev–Trinajstić information content (AvgIpc) is 2.52. The SMILES string of the molecule is CC(C)CCCC(C)NC(=O)COc1ccc2ccc(=O)oc2c1. The highest BCUT2D eigenvalue weighted by Crippen LogP contribution is 2.19. The van der Waals surface area contributed by atoms with Gasteiger partial charge in [0.05, 0.1) is 0 Å². The predicted octanol–water partition coefficient (Wildman–Crippen LogP) is 3.50. The van der Waals surface area contributed by atoms with Gasteiger partial charge in [-0.05, 0) is 37.5 Å². The van der Waals surface area contributed by atoms with Crippen molar-refractivity contribution in [3.8, 4) is 5.75 Å². The molecule has 1 N–H and O–H groups in total. The van der Waals surface area contributed by atoms with E-state index in [0.717, 1.165) is 18.2 Å². The van der Waals surface area contributed by atoms with Crippen LogP contribution in [-0.2, 0) is 4.79 Å². The molecule has 0 spiro atoms. The number of carbonyl (C=O) groups is 1. The van der Waals surface area contributed by atoms with Crippen LogP contribution in [0.25, 0.3) is 11.0 Å². The van der Waals surface area contributed by atoms with E-state index >= 15 is 0 Å². The number of carbonyl (C=O) groups excluding carboxylic acids is 1. The fraction of sp³-hybridized carbons (Fsp3) is 0.474. The molecular formula is C19H25NO4. The van der Waals surface area contributed by atoms with Crippen LogP contribution in [0.15, 0.2) is 39.5 Å². The Morgan fingerprint density at radius 3 is 2.67 bits per heavy atom. The Kier molecular flexibility index (Phi) is 6.41. The van der Waals surface area contributed by atoms with Gasteiger partial charge in [-0.2, -0.15) is 0 Å². The Morgan fingerprint density at radius 1 is 1.17 bits per heavy atom. The van der Waals surface area contributed by atoms with Gasteiger partial charge in [0.25, 0.3) is 5.91 Å². The van der Waals surface area contributed by atoms with Gasteiger partial charge in [0.1, 0.15) is 11.3 Å². The second-order valence-electron chi connectivity index (χ2n) is 6.54. The van der Waals surface area contributed by atoms with Crippen molar-refractivity contribution in [2.75, 3.05) is 6.61 Å². The third-order valence-electron chi connectivity index (χ3n) is 3.79. The summed E-state index contributed by atoms with van der Waals surface area (Å²) in [5.41, 5.74) is 0.0371. The van der Waals surface area contributed by atoms with Gasteiger partial charge >= 0.3 is 5.63 Å². The van der Waals surface area contributed by atoms with Gasteiger partial charge in [0.2, 0.25) is 0 Å². The molecule has 2 rings (SSSR count). The van der Waals surface area contributed by atoms with Crippen molar-refractivity contribution in [2.24, 2.45) is 5.92 Å². The van der Waals surface area contributed by atoms with Crippen LogP contribution in [0.5, 0.6) is 5.75 Å².